The maximum Gasteiger partial charge on any atom is 0.251 e. The summed E-state index contributed by atoms with van der Waals surface area (Å²) in [5, 5.41) is 9.12. The topological polar surface area (TPSA) is 40.5 Å². The number of likely N-dealkylation sites (tertiary alicyclic amines) is 1. The molecule has 0 radical (unpaired) electrons. The van der Waals surface area contributed by atoms with Crippen molar-refractivity contribution in [2.45, 2.75) is 44.2 Å². The molecule has 1 aliphatic heterocycles. The molecule has 1 amide bonds. The van der Waals surface area contributed by atoms with Crippen LogP contribution < -0.4 is 0 Å². The summed E-state index contributed by atoms with van der Waals surface area (Å²) in [4.78, 5) is 13.3. The molecule has 3 heteroatoms. The van der Waals surface area contributed by atoms with E-state index in [1.54, 1.807) is 6.92 Å². The number of carbonyl (C=O) groups is 1. The third-order valence-electron chi connectivity index (χ3n) is 3.28. The first-order chi connectivity index (χ1) is 5.66. The van der Waals surface area contributed by atoms with Crippen molar-refractivity contribution in [1.82, 2.24) is 4.90 Å². The normalized spacial score (nSPS) is 27.7. The molecule has 2 rings (SSSR count). The predicted molar refractivity (Wildman–Crippen MR) is 44.6 cm³/mol. The van der Waals surface area contributed by atoms with Gasteiger partial charge in [-0.3, -0.25) is 4.79 Å². The van der Waals surface area contributed by atoms with E-state index < -0.39 is 6.10 Å². The van der Waals surface area contributed by atoms with E-state index in [-0.39, 0.29) is 11.4 Å². The molecule has 1 saturated carbocycles. The summed E-state index contributed by atoms with van der Waals surface area (Å²) in [5.74, 6) is -0.0825. The lowest BCUT2D eigenvalue weighted by Crippen LogP contribution is -2.67. The highest BCUT2D eigenvalue weighted by atomic mass is 16.3. The quantitative estimate of drug-likeness (QED) is 0.621. The molecular weight excluding hydrogens is 154 g/mol. The molecule has 68 valence electrons. The van der Waals surface area contributed by atoms with Crippen LogP contribution in [0.25, 0.3) is 0 Å². The largest absolute Gasteiger partial charge is 0.384 e. The molecule has 0 unspecified atom stereocenters. The van der Waals surface area contributed by atoms with Gasteiger partial charge in [0.1, 0.15) is 6.10 Å². The van der Waals surface area contributed by atoms with Crippen LogP contribution in [-0.4, -0.2) is 34.1 Å². The van der Waals surface area contributed by atoms with Gasteiger partial charge in [-0.1, -0.05) is 0 Å². The Morgan fingerprint density at radius 3 is 2.42 bits per heavy atom. The highest BCUT2D eigenvalue weighted by Crippen LogP contribution is 2.47. The van der Waals surface area contributed by atoms with Gasteiger partial charge in [0.05, 0.1) is 0 Å². The van der Waals surface area contributed by atoms with Crippen molar-refractivity contribution in [1.29, 1.82) is 0 Å². The molecule has 1 N–H and O–H groups in total. The minimum Gasteiger partial charge on any atom is -0.384 e. The fourth-order valence-corrected chi connectivity index (χ4v) is 2.21. The van der Waals surface area contributed by atoms with Crippen LogP contribution in [0.3, 0.4) is 0 Å². The number of hydrogen-bond donors (Lipinski definition) is 1. The van der Waals surface area contributed by atoms with Crippen molar-refractivity contribution in [2.24, 2.45) is 0 Å². The second-order valence-corrected chi connectivity index (χ2v) is 3.99. The number of carbonyl (C=O) groups excluding carboxylic acids is 1. The van der Waals surface area contributed by atoms with Crippen LogP contribution >= 0.6 is 0 Å². The SMILES string of the molecule is C[C@H](O)C(=O)N1CCC12CCC2. The van der Waals surface area contributed by atoms with Crippen LogP contribution in [0.4, 0.5) is 0 Å². The summed E-state index contributed by atoms with van der Waals surface area (Å²) in [5.41, 5.74) is 0.189. The zero-order chi connectivity index (χ0) is 8.77. The van der Waals surface area contributed by atoms with Crippen molar-refractivity contribution in [3.63, 3.8) is 0 Å². The molecule has 1 heterocycles. The molecular formula is C9H15NO2. The van der Waals surface area contributed by atoms with E-state index in [1.165, 1.54) is 6.42 Å². The Labute approximate surface area is 72.4 Å². The van der Waals surface area contributed by atoms with Gasteiger partial charge in [0.2, 0.25) is 0 Å². The summed E-state index contributed by atoms with van der Waals surface area (Å²) in [6.07, 6.45) is 3.86. The van der Waals surface area contributed by atoms with Crippen LogP contribution in [0.1, 0.15) is 32.6 Å². The van der Waals surface area contributed by atoms with E-state index in [0.29, 0.717) is 0 Å². The zero-order valence-corrected chi connectivity index (χ0v) is 7.42. The molecule has 1 saturated heterocycles. The van der Waals surface area contributed by atoms with Crippen molar-refractivity contribution in [3.05, 3.63) is 0 Å². The van der Waals surface area contributed by atoms with Crippen LogP contribution in [-0.2, 0) is 4.79 Å². The fourth-order valence-electron chi connectivity index (χ4n) is 2.21. The fraction of sp³-hybridized carbons (Fsp3) is 0.889. The molecule has 2 fully saturated rings. The molecule has 1 atom stereocenters. The first kappa shape index (κ1) is 8.05. The minimum absolute atomic E-state index is 0.0825. The standard InChI is InChI=1S/C9H15NO2/c1-7(11)8(12)10-6-5-9(10)3-2-4-9/h7,11H,2-6H2,1H3/t7-/m0/s1. The van der Waals surface area contributed by atoms with Gasteiger partial charge in [0, 0.05) is 12.1 Å². The van der Waals surface area contributed by atoms with Crippen molar-refractivity contribution < 1.29 is 9.90 Å². The smallest absolute Gasteiger partial charge is 0.251 e. The highest BCUT2D eigenvalue weighted by molar-refractivity contribution is 5.82. The third-order valence-corrected chi connectivity index (χ3v) is 3.28. The average Bonchev–Trinajstić information content (AvgIpc) is 1.81. The molecule has 0 bridgehead atoms. The Hall–Kier alpha value is -0.570. The number of nitrogens with zero attached hydrogens (tertiary/aromatic N) is 1. The van der Waals surface area contributed by atoms with E-state index in [1.807, 2.05) is 4.90 Å². The van der Waals surface area contributed by atoms with E-state index in [0.717, 1.165) is 25.8 Å². The lowest BCUT2D eigenvalue weighted by Gasteiger charge is -2.58. The average molecular weight is 169 g/mol. The predicted octanol–water partition coefficient (Wildman–Crippen LogP) is 0.522. The first-order valence-electron chi connectivity index (χ1n) is 4.65. The maximum absolute atomic E-state index is 11.4. The third kappa shape index (κ3) is 0.891. The Kier molecular flexibility index (Phi) is 1.65. The van der Waals surface area contributed by atoms with Crippen LogP contribution in [0.5, 0.6) is 0 Å². The van der Waals surface area contributed by atoms with Gasteiger partial charge < -0.3 is 10.0 Å². The van der Waals surface area contributed by atoms with Crippen molar-refractivity contribution in [2.75, 3.05) is 6.54 Å². The summed E-state index contributed by atoms with van der Waals surface area (Å²) >= 11 is 0. The van der Waals surface area contributed by atoms with Crippen LogP contribution in [0.15, 0.2) is 0 Å². The highest BCUT2D eigenvalue weighted by Gasteiger charge is 2.51. The second kappa shape index (κ2) is 2.46. The Morgan fingerprint density at radius 1 is 1.50 bits per heavy atom. The molecule has 0 aromatic rings. The van der Waals surface area contributed by atoms with Gasteiger partial charge in [-0.25, -0.2) is 0 Å². The van der Waals surface area contributed by atoms with Gasteiger partial charge in [-0.15, -0.1) is 0 Å². The number of aliphatic hydroxyl groups excluding tert-OH is 1. The van der Waals surface area contributed by atoms with Crippen molar-refractivity contribution >= 4 is 5.91 Å². The van der Waals surface area contributed by atoms with Crippen LogP contribution in [0.2, 0.25) is 0 Å². The molecule has 0 aromatic carbocycles. The first-order valence-corrected chi connectivity index (χ1v) is 4.65. The molecule has 1 aliphatic carbocycles. The Bertz CT molecular complexity index is 203. The van der Waals surface area contributed by atoms with Gasteiger partial charge >= 0.3 is 0 Å². The molecule has 1 spiro atoms. The summed E-state index contributed by atoms with van der Waals surface area (Å²) in [6.45, 7) is 2.40. The summed E-state index contributed by atoms with van der Waals surface area (Å²) in [7, 11) is 0. The van der Waals surface area contributed by atoms with Gasteiger partial charge in [0.15, 0.2) is 0 Å². The Morgan fingerprint density at radius 2 is 2.17 bits per heavy atom. The molecule has 3 nitrogen and oxygen atoms in total. The lowest BCUT2D eigenvalue weighted by atomic mass is 9.67. The van der Waals surface area contributed by atoms with Gasteiger partial charge in [-0.05, 0) is 32.6 Å². The number of amides is 1. The molecule has 0 aromatic heterocycles. The van der Waals surface area contributed by atoms with Gasteiger partial charge in [0.25, 0.3) is 5.91 Å². The molecule has 2 aliphatic rings. The van der Waals surface area contributed by atoms with E-state index in [4.69, 9.17) is 5.11 Å². The van der Waals surface area contributed by atoms with E-state index in [2.05, 4.69) is 0 Å². The maximum atomic E-state index is 11.4. The summed E-state index contributed by atoms with van der Waals surface area (Å²) < 4.78 is 0. The number of aliphatic hydroxyl groups is 1. The molecule has 12 heavy (non-hydrogen) atoms. The van der Waals surface area contributed by atoms with Crippen molar-refractivity contribution in [3.8, 4) is 0 Å². The summed E-state index contributed by atoms with van der Waals surface area (Å²) in [6, 6.07) is 0. The van der Waals surface area contributed by atoms with Gasteiger partial charge in [-0.2, -0.15) is 0 Å². The second-order valence-electron chi connectivity index (χ2n) is 3.99. The van der Waals surface area contributed by atoms with E-state index >= 15 is 0 Å². The minimum atomic E-state index is -0.817. The van der Waals surface area contributed by atoms with E-state index in [9.17, 15) is 4.79 Å². The monoisotopic (exact) mass is 169 g/mol. The zero-order valence-electron chi connectivity index (χ0n) is 7.42. The van der Waals surface area contributed by atoms with Crippen LogP contribution in [0, 0.1) is 0 Å². The number of hydrogen-bond acceptors (Lipinski definition) is 2. The number of rotatable bonds is 1. The lowest BCUT2D eigenvalue weighted by molar-refractivity contribution is -0.164. The Balaban J connectivity index is 2.01.